The van der Waals surface area contributed by atoms with Gasteiger partial charge in [-0.3, -0.25) is 0 Å². The Hall–Kier alpha value is -2.60. The first-order valence-electron chi connectivity index (χ1n) is 10.6. The summed E-state index contributed by atoms with van der Waals surface area (Å²) < 4.78 is 0. The Labute approximate surface area is 174 Å². The highest BCUT2D eigenvalue weighted by Gasteiger charge is 1.97. The first-order valence-corrected chi connectivity index (χ1v) is 10.6. The summed E-state index contributed by atoms with van der Waals surface area (Å²) in [5.41, 5.74) is 7.55. The quantitative estimate of drug-likeness (QED) is 0.401. The van der Waals surface area contributed by atoms with Crippen molar-refractivity contribution >= 4 is 12.2 Å². The van der Waals surface area contributed by atoms with Gasteiger partial charge in [0.25, 0.3) is 0 Å². The van der Waals surface area contributed by atoms with Crippen molar-refractivity contribution in [2.75, 3.05) is 0 Å². The van der Waals surface area contributed by atoms with Crippen LogP contribution in [0.5, 0.6) is 0 Å². The van der Waals surface area contributed by atoms with Gasteiger partial charge in [-0.2, -0.15) is 0 Å². The maximum atomic E-state index is 2.18. The van der Waals surface area contributed by atoms with E-state index in [2.05, 4.69) is 98.8 Å². The minimum atomic E-state index is 1.22. The SMILES string of the molecule is CC.CC.CC.Cc1ccc(/C=C/c2ccc(-c3ccc(C)cc3)cc2)cc1. The Morgan fingerprint density at radius 1 is 0.393 bits per heavy atom. The second kappa shape index (κ2) is 15.5. The van der Waals surface area contributed by atoms with Gasteiger partial charge in [-0.05, 0) is 36.1 Å². The van der Waals surface area contributed by atoms with Gasteiger partial charge in [0.1, 0.15) is 0 Å². The van der Waals surface area contributed by atoms with Crippen molar-refractivity contribution in [1.82, 2.24) is 0 Å². The van der Waals surface area contributed by atoms with Gasteiger partial charge in [-0.1, -0.05) is 138 Å². The topological polar surface area (TPSA) is 0 Å². The van der Waals surface area contributed by atoms with E-state index in [1.165, 1.54) is 33.4 Å². The van der Waals surface area contributed by atoms with Crippen molar-refractivity contribution < 1.29 is 0 Å². The molecule has 28 heavy (non-hydrogen) atoms. The lowest BCUT2D eigenvalue weighted by atomic mass is 10.0. The van der Waals surface area contributed by atoms with Crippen molar-refractivity contribution in [2.24, 2.45) is 0 Å². The van der Waals surface area contributed by atoms with Crippen LogP contribution in [-0.4, -0.2) is 0 Å². The molecule has 0 heteroatoms. The maximum Gasteiger partial charge on any atom is -0.0184 e. The number of rotatable bonds is 3. The van der Waals surface area contributed by atoms with Crippen LogP contribution in [-0.2, 0) is 0 Å². The van der Waals surface area contributed by atoms with Gasteiger partial charge in [0.15, 0.2) is 0 Å². The molecule has 3 aromatic carbocycles. The molecule has 0 aliphatic carbocycles. The molecule has 0 saturated heterocycles. The highest BCUT2D eigenvalue weighted by atomic mass is 14.0. The molecular weight excluding hydrogens is 336 g/mol. The van der Waals surface area contributed by atoms with E-state index >= 15 is 0 Å². The summed E-state index contributed by atoms with van der Waals surface area (Å²) in [6.07, 6.45) is 4.31. The molecule has 0 aliphatic rings. The van der Waals surface area contributed by atoms with Crippen molar-refractivity contribution in [3.8, 4) is 11.1 Å². The fourth-order valence-corrected chi connectivity index (χ4v) is 2.40. The molecule has 0 aromatic heterocycles. The van der Waals surface area contributed by atoms with Crippen LogP contribution in [0, 0.1) is 13.8 Å². The van der Waals surface area contributed by atoms with Crippen LogP contribution in [0.1, 0.15) is 63.8 Å². The van der Waals surface area contributed by atoms with Gasteiger partial charge in [-0.25, -0.2) is 0 Å². The van der Waals surface area contributed by atoms with Crippen molar-refractivity contribution in [3.05, 3.63) is 95.1 Å². The zero-order valence-electron chi connectivity index (χ0n) is 19.1. The summed E-state index contributed by atoms with van der Waals surface area (Å²) >= 11 is 0. The predicted octanol–water partition coefficient (Wildman–Crippen LogP) is 9.22. The normalized spacial score (nSPS) is 9.29. The van der Waals surface area contributed by atoms with E-state index in [0.29, 0.717) is 0 Å². The molecule has 0 nitrogen and oxygen atoms in total. The summed E-state index contributed by atoms with van der Waals surface area (Å²) in [6.45, 7) is 16.2. The lowest BCUT2D eigenvalue weighted by Gasteiger charge is -2.03. The molecule has 0 atom stereocenters. The van der Waals surface area contributed by atoms with Crippen LogP contribution < -0.4 is 0 Å². The molecule has 0 radical (unpaired) electrons. The molecule has 0 unspecified atom stereocenters. The molecule has 150 valence electrons. The van der Waals surface area contributed by atoms with Crippen LogP contribution in [0.25, 0.3) is 23.3 Å². The summed E-state index contributed by atoms with van der Waals surface area (Å²) in [6, 6.07) is 25.9. The van der Waals surface area contributed by atoms with Gasteiger partial charge in [-0.15, -0.1) is 0 Å². The molecule has 0 N–H and O–H groups in total. The minimum Gasteiger partial charge on any atom is -0.0683 e. The average molecular weight is 375 g/mol. The van der Waals surface area contributed by atoms with E-state index in [1.807, 2.05) is 41.5 Å². The van der Waals surface area contributed by atoms with Crippen molar-refractivity contribution in [1.29, 1.82) is 0 Å². The molecule has 3 aromatic rings. The maximum absolute atomic E-state index is 2.18. The fourth-order valence-electron chi connectivity index (χ4n) is 2.40. The highest BCUT2D eigenvalue weighted by Crippen LogP contribution is 2.21. The molecule has 0 aliphatic heterocycles. The second-order valence-corrected chi connectivity index (χ2v) is 5.73. The van der Waals surface area contributed by atoms with E-state index < -0.39 is 0 Å². The molecule has 0 saturated carbocycles. The second-order valence-electron chi connectivity index (χ2n) is 5.73. The summed E-state index contributed by atoms with van der Waals surface area (Å²) in [7, 11) is 0. The van der Waals surface area contributed by atoms with E-state index in [-0.39, 0.29) is 0 Å². The molecular formula is C28H38. The third kappa shape index (κ3) is 8.86. The largest absolute Gasteiger partial charge is 0.0683 e. The third-order valence-electron chi connectivity index (χ3n) is 3.84. The Morgan fingerprint density at radius 3 is 1.00 bits per heavy atom. The Bertz CT molecular complexity index is 758. The number of aryl methyl sites for hydroxylation is 2. The van der Waals surface area contributed by atoms with Crippen molar-refractivity contribution in [3.63, 3.8) is 0 Å². The van der Waals surface area contributed by atoms with Crippen LogP contribution in [0.2, 0.25) is 0 Å². The summed E-state index contributed by atoms with van der Waals surface area (Å²) in [5.74, 6) is 0. The molecule has 0 spiro atoms. The van der Waals surface area contributed by atoms with Gasteiger partial charge < -0.3 is 0 Å². The Morgan fingerprint density at radius 2 is 0.643 bits per heavy atom. The van der Waals surface area contributed by atoms with Crippen LogP contribution in [0.3, 0.4) is 0 Å². The van der Waals surface area contributed by atoms with Crippen LogP contribution in [0.15, 0.2) is 72.8 Å². The van der Waals surface area contributed by atoms with E-state index in [9.17, 15) is 0 Å². The van der Waals surface area contributed by atoms with E-state index in [1.54, 1.807) is 0 Å². The lowest BCUT2D eigenvalue weighted by molar-refractivity contribution is 1.46. The zero-order valence-corrected chi connectivity index (χ0v) is 19.1. The number of hydrogen-bond donors (Lipinski definition) is 0. The van der Waals surface area contributed by atoms with Gasteiger partial charge in [0, 0.05) is 0 Å². The minimum absolute atomic E-state index is 1.22. The van der Waals surface area contributed by atoms with Crippen LogP contribution >= 0.6 is 0 Å². The molecule has 0 fully saturated rings. The molecule has 3 rings (SSSR count). The van der Waals surface area contributed by atoms with Gasteiger partial charge in [0.05, 0.1) is 0 Å². The van der Waals surface area contributed by atoms with Crippen molar-refractivity contribution in [2.45, 2.75) is 55.4 Å². The van der Waals surface area contributed by atoms with Gasteiger partial charge >= 0.3 is 0 Å². The average Bonchev–Trinajstić information content (AvgIpc) is 2.78. The molecule has 0 bridgehead atoms. The molecule has 0 heterocycles. The number of hydrogen-bond acceptors (Lipinski definition) is 0. The highest BCUT2D eigenvalue weighted by molar-refractivity contribution is 5.72. The monoisotopic (exact) mass is 374 g/mol. The Kier molecular flexibility index (Phi) is 14.0. The van der Waals surface area contributed by atoms with Crippen LogP contribution in [0.4, 0.5) is 0 Å². The lowest BCUT2D eigenvalue weighted by Crippen LogP contribution is -1.79. The van der Waals surface area contributed by atoms with E-state index in [0.717, 1.165) is 0 Å². The molecule has 0 amide bonds. The summed E-state index contributed by atoms with van der Waals surface area (Å²) in [4.78, 5) is 0. The van der Waals surface area contributed by atoms with Gasteiger partial charge in [0.2, 0.25) is 0 Å². The van der Waals surface area contributed by atoms with E-state index in [4.69, 9.17) is 0 Å². The standard InChI is InChI=1S/C22H20.3C2H6/c1-17-3-7-19(8-4-17)9-10-20-11-15-22(16-12-20)21-13-5-18(2)6-14-21;3*1-2/h3-16H,1-2H3;3*1-2H3/b10-9+;;;. The number of benzene rings is 3. The first kappa shape index (κ1) is 25.4. The zero-order chi connectivity index (χ0) is 21.4. The summed E-state index contributed by atoms with van der Waals surface area (Å²) in [5, 5.41) is 0. The predicted molar refractivity (Wildman–Crippen MR) is 131 cm³/mol. The fraction of sp³-hybridized carbons (Fsp3) is 0.286. The third-order valence-corrected chi connectivity index (χ3v) is 3.84. The Balaban J connectivity index is 0.00000111. The smallest absolute Gasteiger partial charge is 0.0184 e. The first-order chi connectivity index (χ1) is 13.7.